The van der Waals surface area contributed by atoms with Gasteiger partial charge in [0.25, 0.3) is 0 Å². The minimum Gasteiger partial charge on any atom is -0.322 e. The van der Waals surface area contributed by atoms with E-state index in [9.17, 15) is 4.79 Å². The van der Waals surface area contributed by atoms with Crippen LogP contribution in [-0.2, 0) is 11.2 Å². The summed E-state index contributed by atoms with van der Waals surface area (Å²) in [5, 5.41) is 13.4. The van der Waals surface area contributed by atoms with Crippen LogP contribution >= 0.6 is 0 Å². The third-order valence-corrected chi connectivity index (χ3v) is 5.05. The van der Waals surface area contributed by atoms with Crippen LogP contribution in [0, 0.1) is 19.3 Å². The van der Waals surface area contributed by atoms with Gasteiger partial charge in [0.05, 0.1) is 23.6 Å². The van der Waals surface area contributed by atoms with Gasteiger partial charge in [0.15, 0.2) is 0 Å². The summed E-state index contributed by atoms with van der Waals surface area (Å²) in [4.78, 5) is 12.4. The Kier molecular flexibility index (Phi) is 4.45. The van der Waals surface area contributed by atoms with Crippen LogP contribution in [0.4, 0.5) is 5.69 Å². The Morgan fingerprint density at radius 3 is 2.79 bits per heavy atom. The molecule has 0 aliphatic heterocycles. The van der Waals surface area contributed by atoms with Crippen molar-refractivity contribution >= 4 is 11.6 Å². The molecule has 1 heterocycles. The smallest absolute Gasteiger partial charge is 0.238 e. The number of aromatic nitrogens is 2. The molecule has 128 valence electrons. The highest BCUT2D eigenvalue weighted by atomic mass is 16.1. The van der Waals surface area contributed by atoms with Gasteiger partial charge in [-0.05, 0) is 43.2 Å². The maximum atomic E-state index is 12.4. The SMILES string of the molecule is Cc1n[nH]c(C)c1NC(=O)CNC1c2ccccc2CCC1(C)C. The Morgan fingerprint density at radius 2 is 2.08 bits per heavy atom. The third kappa shape index (κ3) is 3.22. The van der Waals surface area contributed by atoms with E-state index >= 15 is 0 Å². The largest absolute Gasteiger partial charge is 0.322 e. The quantitative estimate of drug-likeness (QED) is 0.807. The van der Waals surface area contributed by atoms with E-state index in [1.54, 1.807) is 0 Å². The van der Waals surface area contributed by atoms with Gasteiger partial charge in [-0.25, -0.2) is 0 Å². The van der Waals surface area contributed by atoms with E-state index in [-0.39, 0.29) is 23.9 Å². The van der Waals surface area contributed by atoms with Crippen molar-refractivity contribution in [2.75, 3.05) is 11.9 Å². The van der Waals surface area contributed by atoms with Crippen LogP contribution in [0.2, 0.25) is 0 Å². The van der Waals surface area contributed by atoms with E-state index in [1.807, 2.05) is 13.8 Å². The molecule has 1 amide bonds. The topological polar surface area (TPSA) is 69.8 Å². The summed E-state index contributed by atoms with van der Waals surface area (Å²) in [6.45, 7) is 8.61. The number of nitrogens with one attached hydrogen (secondary N) is 3. The molecule has 1 aromatic carbocycles. The van der Waals surface area contributed by atoms with Gasteiger partial charge in [-0.2, -0.15) is 5.10 Å². The molecule has 3 rings (SSSR count). The molecule has 1 atom stereocenters. The molecule has 1 aliphatic rings. The van der Waals surface area contributed by atoms with Crippen molar-refractivity contribution < 1.29 is 4.79 Å². The van der Waals surface area contributed by atoms with Crippen LogP contribution in [0.25, 0.3) is 0 Å². The Balaban J connectivity index is 1.70. The highest BCUT2D eigenvalue weighted by molar-refractivity contribution is 5.93. The van der Waals surface area contributed by atoms with Crippen LogP contribution in [0.3, 0.4) is 0 Å². The zero-order valence-corrected chi connectivity index (χ0v) is 14.9. The Morgan fingerprint density at radius 1 is 1.33 bits per heavy atom. The number of carbonyl (C=O) groups is 1. The first-order valence-electron chi connectivity index (χ1n) is 8.51. The predicted molar refractivity (Wildman–Crippen MR) is 96.0 cm³/mol. The molecule has 0 spiro atoms. The minimum atomic E-state index is -0.0403. The van der Waals surface area contributed by atoms with E-state index in [0.717, 1.165) is 29.9 Å². The third-order valence-electron chi connectivity index (χ3n) is 5.05. The molecule has 0 radical (unpaired) electrons. The standard InChI is InChI=1S/C19H26N4O/c1-12-17(13(2)23-22-12)21-16(24)11-20-18-15-8-6-5-7-14(15)9-10-19(18,3)4/h5-8,18,20H,9-11H2,1-4H3,(H,21,24)(H,22,23). The first-order valence-corrected chi connectivity index (χ1v) is 8.51. The van der Waals surface area contributed by atoms with Crippen molar-refractivity contribution in [1.82, 2.24) is 15.5 Å². The lowest BCUT2D eigenvalue weighted by molar-refractivity contribution is -0.115. The number of amides is 1. The van der Waals surface area contributed by atoms with Crippen molar-refractivity contribution in [2.24, 2.45) is 5.41 Å². The number of hydrogen-bond acceptors (Lipinski definition) is 3. The molecule has 1 aliphatic carbocycles. The van der Waals surface area contributed by atoms with Gasteiger partial charge in [-0.3, -0.25) is 9.89 Å². The zero-order chi connectivity index (χ0) is 17.3. The number of aromatic amines is 1. The molecule has 0 fully saturated rings. The number of benzene rings is 1. The number of aryl methyl sites for hydroxylation is 3. The van der Waals surface area contributed by atoms with E-state index in [0.29, 0.717) is 0 Å². The fourth-order valence-electron chi connectivity index (χ4n) is 3.57. The van der Waals surface area contributed by atoms with Crippen molar-refractivity contribution in [3.63, 3.8) is 0 Å². The van der Waals surface area contributed by atoms with Gasteiger partial charge in [0.1, 0.15) is 0 Å². The maximum absolute atomic E-state index is 12.4. The molecule has 5 heteroatoms. The molecular weight excluding hydrogens is 300 g/mol. The number of fused-ring (bicyclic) bond motifs is 1. The van der Waals surface area contributed by atoms with Gasteiger partial charge in [-0.15, -0.1) is 0 Å². The summed E-state index contributed by atoms with van der Waals surface area (Å²) in [6.07, 6.45) is 2.21. The second-order valence-electron chi connectivity index (χ2n) is 7.36. The van der Waals surface area contributed by atoms with Gasteiger partial charge < -0.3 is 10.6 Å². The van der Waals surface area contributed by atoms with E-state index < -0.39 is 0 Å². The van der Waals surface area contributed by atoms with Crippen molar-refractivity contribution in [1.29, 1.82) is 0 Å². The van der Waals surface area contributed by atoms with E-state index in [2.05, 4.69) is 58.9 Å². The van der Waals surface area contributed by atoms with Crippen LogP contribution < -0.4 is 10.6 Å². The van der Waals surface area contributed by atoms with Crippen LogP contribution in [-0.4, -0.2) is 22.6 Å². The van der Waals surface area contributed by atoms with Crippen molar-refractivity contribution in [2.45, 2.75) is 46.6 Å². The summed E-state index contributed by atoms with van der Waals surface area (Å²) in [7, 11) is 0. The highest BCUT2D eigenvalue weighted by Crippen LogP contribution is 2.43. The summed E-state index contributed by atoms with van der Waals surface area (Å²) >= 11 is 0. The fraction of sp³-hybridized carbons (Fsp3) is 0.474. The Labute approximate surface area is 143 Å². The Hall–Kier alpha value is -2.14. The lowest BCUT2D eigenvalue weighted by atomic mass is 9.70. The summed E-state index contributed by atoms with van der Waals surface area (Å²) in [6, 6.07) is 8.71. The van der Waals surface area contributed by atoms with E-state index in [4.69, 9.17) is 0 Å². The van der Waals surface area contributed by atoms with E-state index in [1.165, 1.54) is 11.1 Å². The molecule has 24 heavy (non-hydrogen) atoms. The van der Waals surface area contributed by atoms with Gasteiger partial charge in [0, 0.05) is 6.04 Å². The number of rotatable bonds is 4. The normalized spacial score (nSPS) is 18.9. The minimum absolute atomic E-state index is 0.0403. The molecule has 3 N–H and O–H groups in total. The summed E-state index contributed by atoms with van der Waals surface area (Å²) in [5.41, 5.74) is 5.29. The van der Waals surface area contributed by atoms with Crippen LogP contribution in [0.5, 0.6) is 0 Å². The number of nitrogens with zero attached hydrogens (tertiary/aromatic N) is 1. The number of hydrogen-bond donors (Lipinski definition) is 3. The molecule has 0 bridgehead atoms. The number of H-pyrrole nitrogens is 1. The lowest BCUT2D eigenvalue weighted by Crippen LogP contribution is -2.41. The summed E-state index contributed by atoms with van der Waals surface area (Å²) in [5.74, 6) is -0.0403. The van der Waals surface area contributed by atoms with Crippen molar-refractivity contribution in [3.8, 4) is 0 Å². The maximum Gasteiger partial charge on any atom is 0.238 e. The second-order valence-corrected chi connectivity index (χ2v) is 7.36. The van der Waals surface area contributed by atoms with Crippen LogP contribution in [0.1, 0.15) is 48.8 Å². The molecule has 5 nitrogen and oxygen atoms in total. The molecule has 0 saturated heterocycles. The van der Waals surface area contributed by atoms with Crippen molar-refractivity contribution in [3.05, 3.63) is 46.8 Å². The molecular formula is C19H26N4O. The lowest BCUT2D eigenvalue weighted by Gasteiger charge is -2.40. The first-order chi connectivity index (χ1) is 11.4. The van der Waals surface area contributed by atoms with Gasteiger partial charge in [0.2, 0.25) is 5.91 Å². The Bertz CT molecular complexity index is 728. The second kappa shape index (κ2) is 6.40. The van der Waals surface area contributed by atoms with Gasteiger partial charge in [-0.1, -0.05) is 38.1 Å². The molecule has 2 aromatic rings. The zero-order valence-electron chi connectivity index (χ0n) is 14.9. The fourth-order valence-corrected chi connectivity index (χ4v) is 3.57. The number of carbonyl (C=O) groups excluding carboxylic acids is 1. The van der Waals surface area contributed by atoms with Crippen LogP contribution in [0.15, 0.2) is 24.3 Å². The number of anilines is 1. The molecule has 1 aromatic heterocycles. The highest BCUT2D eigenvalue weighted by Gasteiger charge is 2.35. The average molecular weight is 326 g/mol. The summed E-state index contributed by atoms with van der Waals surface area (Å²) < 4.78 is 0. The predicted octanol–water partition coefficient (Wildman–Crippen LogP) is 3.27. The molecule has 1 unspecified atom stereocenters. The first kappa shape index (κ1) is 16.7. The average Bonchev–Trinajstić information content (AvgIpc) is 2.85. The monoisotopic (exact) mass is 326 g/mol. The van der Waals surface area contributed by atoms with Gasteiger partial charge >= 0.3 is 0 Å². The molecule has 0 saturated carbocycles.